The Balaban J connectivity index is 2.15. The molecule has 1 amide bonds. The molecule has 0 bridgehead atoms. The number of aromatic nitrogens is 3. The molecular weight excluding hydrogens is 384 g/mol. The van der Waals surface area contributed by atoms with E-state index < -0.39 is 30.7 Å². The second-order valence-electron chi connectivity index (χ2n) is 5.91. The van der Waals surface area contributed by atoms with E-state index in [1.807, 2.05) is 0 Å². The van der Waals surface area contributed by atoms with Gasteiger partial charge in [-0.05, 0) is 30.3 Å². The molecular formula is C19H17ClN4O4. The molecule has 2 heterocycles. The van der Waals surface area contributed by atoms with E-state index in [1.165, 1.54) is 12.3 Å². The first-order chi connectivity index (χ1) is 13.5. The Morgan fingerprint density at radius 1 is 1.18 bits per heavy atom. The largest absolute Gasteiger partial charge is 0.394 e. The van der Waals surface area contributed by atoms with Crippen LogP contribution in [-0.4, -0.2) is 50.1 Å². The number of halogens is 1. The van der Waals surface area contributed by atoms with Crippen molar-refractivity contribution in [3.8, 4) is 16.9 Å². The molecule has 8 nitrogen and oxygen atoms in total. The lowest BCUT2D eigenvalue weighted by Gasteiger charge is -2.15. The summed E-state index contributed by atoms with van der Waals surface area (Å²) in [6.45, 7) is -0.928. The van der Waals surface area contributed by atoms with Crippen LogP contribution in [0.15, 0.2) is 59.7 Å². The van der Waals surface area contributed by atoms with Gasteiger partial charge in [0.05, 0.1) is 36.8 Å². The first-order valence-electron chi connectivity index (χ1n) is 8.36. The third kappa shape index (κ3) is 4.25. The predicted octanol–water partition coefficient (Wildman–Crippen LogP) is 1.03. The number of hydrogen-bond donors (Lipinski definition) is 3. The number of carbonyl (C=O) groups excluding carboxylic acids is 1. The lowest BCUT2D eigenvalue weighted by molar-refractivity contribution is 0.0877. The van der Waals surface area contributed by atoms with Gasteiger partial charge >= 0.3 is 0 Å². The fourth-order valence-corrected chi connectivity index (χ4v) is 2.61. The van der Waals surface area contributed by atoms with Crippen molar-refractivity contribution < 1.29 is 15.0 Å². The third-order valence-corrected chi connectivity index (χ3v) is 4.21. The summed E-state index contributed by atoms with van der Waals surface area (Å²) in [5, 5.41) is 25.7. The zero-order valence-corrected chi connectivity index (χ0v) is 15.4. The van der Waals surface area contributed by atoms with Gasteiger partial charge in [-0.3, -0.25) is 14.6 Å². The smallest absolute Gasteiger partial charge is 0.284 e. The Morgan fingerprint density at radius 2 is 1.89 bits per heavy atom. The van der Waals surface area contributed by atoms with E-state index in [9.17, 15) is 19.8 Å². The van der Waals surface area contributed by atoms with Gasteiger partial charge in [0.2, 0.25) is 0 Å². The van der Waals surface area contributed by atoms with Crippen molar-refractivity contribution in [1.29, 1.82) is 0 Å². The molecule has 3 aromatic rings. The van der Waals surface area contributed by atoms with Crippen LogP contribution in [0.1, 0.15) is 10.4 Å². The standard InChI is InChI=1S/C19H17ClN4O4/c20-13-5-3-12(4-6-13)17-8-16(18(27)22-14(10-25)11-26)19(28)24(23-17)15-2-1-7-21-9-15/h1-9,14,25-26H,10-11H2,(H,22,27). The SMILES string of the molecule is O=C(NC(CO)CO)c1cc(-c2ccc(Cl)cc2)nn(-c2cccnc2)c1=O. The lowest BCUT2D eigenvalue weighted by atomic mass is 10.1. The van der Waals surface area contributed by atoms with Crippen LogP contribution in [0.25, 0.3) is 16.9 Å². The van der Waals surface area contributed by atoms with Crippen molar-refractivity contribution in [3.63, 3.8) is 0 Å². The van der Waals surface area contributed by atoms with Crippen LogP contribution in [0, 0.1) is 0 Å². The monoisotopic (exact) mass is 400 g/mol. The second-order valence-corrected chi connectivity index (χ2v) is 6.35. The first kappa shape index (κ1) is 19.7. The number of amides is 1. The first-order valence-corrected chi connectivity index (χ1v) is 8.74. The summed E-state index contributed by atoms with van der Waals surface area (Å²) >= 11 is 5.93. The van der Waals surface area contributed by atoms with Gasteiger partial charge in [-0.2, -0.15) is 9.78 Å². The number of hydrogen-bond acceptors (Lipinski definition) is 6. The Kier molecular flexibility index (Phi) is 6.15. The Hall–Kier alpha value is -3.07. The van der Waals surface area contributed by atoms with Gasteiger partial charge in [0.15, 0.2) is 0 Å². The fourth-order valence-electron chi connectivity index (χ4n) is 2.49. The van der Waals surface area contributed by atoms with E-state index in [2.05, 4.69) is 15.4 Å². The van der Waals surface area contributed by atoms with Crippen LogP contribution in [0.5, 0.6) is 0 Å². The molecule has 0 saturated carbocycles. The Labute approximate surface area is 165 Å². The zero-order valence-electron chi connectivity index (χ0n) is 14.6. The average molecular weight is 401 g/mol. The highest BCUT2D eigenvalue weighted by atomic mass is 35.5. The molecule has 2 aromatic heterocycles. The summed E-state index contributed by atoms with van der Waals surface area (Å²) in [5.41, 5.74) is 0.568. The predicted molar refractivity (Wildman–Crippen MR) is 104 cm³/mol. The van der Waals surface area contributed by atoms with Crippen LogP contribution >= 0.6 is 11.6 Å². The molecule has 0 fully saturated rings. The highest BCUT2D eigenvalue weighted by Gasteiger charge is 2.20. The number of nitrogens with one attached hydrogen (secondary N) is 1. The van der Waals surface area contributed by atoms with E-state index in [0.717, 1.165) is 4.68 Å². The number of aliphatic hydroxyl groups excluding tert-OH is 2. The number of rotatable bonds is 6. The summed E-state index contributed by atoms with van der Waals surface area (Å²) < 4.78 is 1.08. The highest BCUT2D eigenvalue weighted by molar-refractivity contribution is 6.30. The normalized spacial score (nSPS) is 10.9. The minimum Gasteiger partial charge on any atom is -0.394 e. The molecule has 0 aliphatic carbocycles. The molecule has 0 spiro atoms. The molecule has 0 aliphatic heterocycles. The van der Waals surface area contributed by atoms with Crippen molar-refractivity contribution in [2.24, 2.45) is 0 Å². The van der Waals surface area contributed by atoms with Crippen LogP contribution < -0.4 is 10.9 Å². The number of benzene rings is 1. The number of carbonyl (C=O) groups is 1. The van der Waals surface area contributed by atoms with E-state index >= 15 is 0 Å². The van der Waals surface area contributed by atoms with Gasteiger partial charge in [0.25, 0.3) is 11.5 Å². The molecule has 28 heavy (non-hydrogen) atoms. The molecule has 0 unspecified atom stereocenters. The van der Waals surface area contributed by atoms with Crippen molar-refractivity contribution in [2.45, 2.75) is 6.04 Å². The topological polar surface area (TPSA) is 117 Å². The molecule has 3 N–H and O–H groups in total. The molecule has 0 aliphatic rings. The van der Waals surface area contributed by atoms with Crippen LogP contribution in [-0.2, 0) is 0 Å². The minimum absolute atomic E-state index is 0.185. The maximum atomic E-state index is 12.9. The van der Waals surface area contributed by atoms with Gasteiger partial charge < -0.3 is 15.5 Å². The number of pyridine rings is 1. The fraction of sp³-hybridized carbons (Fsp3) is 0.158. The Bertz CT molecular complexity index is 1020. The van der Waals surface area contributed by atoms with Gasteiger partial charge in [0, 0.05) is 16.8 Å². The average Bonchev–Trinajstić information content (AvgIpc) is 2.73. The molecule has 144 valence electrons. The van der Waals surface area contributed by atoms with E-state index in [-0.39, 0.29) is 5.56 Å². The molecule has 1 aromatic carbocycles. The quantitative estimate of drug-likeness (QED) is 0.569. The minimum atomic E-state index is -0.883. The number of nitrogens with zero attached hydrogens (tertiary/aromatic N) is 3. The van der Waals surface area contributed by atoms with Crippen LogP contribution in [0.2, 0.25) is 5.02 Å². The summed E-state index contributed by atoms with van der Waals surface area (Å²) in [7, 11) is 0. The maximum Gasteiger partial charge on any atom is 0.284 e. The van der Waals surface area contributed by atoms with Gasteiger partial charge in [0.1, 0.15) is 5.56 Å². The van der Waals surface area contributed by atoms with Crippen molar-refractivity contribution in [1.82, 2.24) is 20.1 Å². The summed E-state index contributed by atoms with van der Waals surface area (Å²) in [6.07, 6.45) is 3.00. The summed E-state index contributed by atoms with van der Waals surface area (Å²) in [5.74, 6) is -0.728. The lowest BCUT2D eigenvalue weighted by Crippen LogP contribution is -2.43. The zero-order chi connectivity index (χ0) is 20.1. The molecule has 0 radical (unpaired) electrons. The maximum absolute atomic E-state index is 12.9. The van der Waals surface area contributed by atoms with Crippen molar-refractivity contribution in [3.05, 3.63) is 75.8 Å². The Morgan fingerprint density at radius 3 is 2.50 bits per heavy atom. The summed E-state index contributed by atoms with van der Waals surface area (Å²) in [6, 6.07) is 10.5. The summed E-state index contributed by atoms with van der Waals surface area (Å²) in [4.78, 5) is 29.5. The number of aliphatic hydroxyl groups is 2. The van der Waals surface area contributed by atoms with Crippen molar-refractivity contribution >= 4 is 17.5 Å². The van der Waals surface area contributed by atoms with Crippen LogP contribution in [0.3, 0.4) is 0 Å². The molecule has 0 atom stereocenters. The molecule has 0 saturated heterocycles. The van der Waals surface area contributed by atoms with E-state index in [0.29, 0.717) is 22.0 Å². The van der Waals surface area contributed by atoms with Gasteiger partial charge in [-0.1, -0.05) is 23.7 Å². The van der Waals surface area contributed by atoms with Gasteiger partial charge in [-0.25, -0.2) is 0 Å². The second kappa shape index (κ2) is 8.75. The van der Waals surface area contributed by atoms with Gasteiger partial charge in [-0.15, -0.1) is 0 Å². The molecule has 3 rings (SSSR count). The third-order valence-electron chi connectivity index (χ3n) is 3.96. The highest BCUT2D eigenvalue weighted by Crippen LogP contribution is 2.20. The van der Waals surface area contributed by atoms with Crippen LogP contribution in [0.4, 0.5) is 0 Å². The van der Waals surface area contributed by atoms with E-state index in [4.69, 9.17) is 11.6 Å². The van der Waals surface area contributed by atoms with Crippen molar-refractivity contribution in [2.75, 3.05) is 13.2 Å². The molecule has 9 heteroatoms. The van der Waals surface area contributed by atoms with E-state index in [1.54, 1.807) is 42.6 Å².